The van der Waals surface area contributed by atoms with Crippen LogP contribution >= 0.6 is 12.4 Å². The van der Waals surface area contributed by atoms with Gasteiger partial charge in [0.1, 0.15) is 0 Å². The summed E-state index contributed by atoms with van der Waals surface area (Å²) in [7, 11) is 0. The van der Waals surface area contributed by atoms with Crippen LogP contribution in [0.4, 0.5) is 13.2 Å². The molecule has 1 amide bonds. The number of carbonyl (C=O) groups excluding carboxylic acids is 1. The zero-order valence-electron chi connectivity index (χ0n) is 11.4. The normalized spacial score (nSPS) is 24.4. The van der Waals surface area contributed by atoms with E-state index in [2.05, 4.69) is 5.32 Å². The molecule has 21 heavy (non-hydrogen) atoms. The lowest BCUT2D eigenvalue weighted by Crippen LogP contribution is -2.51. The van der Waals surface area contributed by atoms with E-state index in [1.807, 2.05) is 6.92 Å². The highest BCUT2D eigenvalue weighted by atomic mass is 35.5. The van der Waals surface area contributed by atoms with E-state index in [4.69, 9.17) is 0 Å². The van der Waals surface area contributed by atoms with Gasteiger partial charge in [-0.15, -0.1) is 12.4 Å². The average Bonchev–Trinajstić information content (AvgIpc) is 2.72. The minimum atomic E-state index is -4.50. The Hall–Kier alpha value is -1.27. The summed E-state index contributed by atoms with van der Waals surface area (Å²) in [6.07, 6.45) is -3.73. The molecular weight excluding hydrogens is 305 g/mol. The number of hydrogen-bond acceptors (Lipinski definition) is 2. The van der Waals surface area contributed by atoms with Crippen molar-refractivity contribution in [3.63, 3.8) is 0 Å². The molecule has 7 heteroatoms. The van der Waals surface area contributed by atoms with Crippen molar-refractivity contribution < 1.29 is 18.0 Å². The minimum absolute atomic E-state index is 0. The molecule has 3 nitrogen and oxygen atoms in total. The van der Waals surface area contributed by atoms with Gasteiger partial charge in [-0.05, 0) is 18.1 Å². The topological polar surface area (TPSA) is 32.3 Å². The van der Waals surface area contributed by atoms with Crippen molar-refractivity contribution >= 4 is 18.3 Å². The molecule has 0 saturated carbocycles. The van der Waals surface area contributed by atoms with E-state index in [-0.39, 0.29) is 30.1 Å². The molecule has 0 aromatic heterocycles. The quantitative estimate of drug-likeness (QED) is 0.862. The van der Waals surface area contributed by atoms with Crippen LogP contribution in [0, 0.1) is 0 Å². The highest BCUT2D eigenvalue weighted by Crippen LogP contribution is 2.43. The zero-order chi connectivity index (χ0) is 14.5. The van der Waals surface area contributed by atoms with Crippen LogP contribution in [0.15, 0.2) is 18.2 Å². The van der Waals surface area contributed by atoms with Crippen molar-refractivity contribution in [3.8, 4) is 0 Å². The number of amides is 1. The molecule has 2 heterocycles. The Morgan fingerprint density at radius 1 is 1.38 bits per heavy atom. The lowest BCUT2D eigenvalue weighted by atomic mass is 9.93. The van der Waals surface area contributed by atoms with Crippen LogP contribution in [0.25, 0.3) is 0 Å². The van der Waals surface area contributed by atoms with Crippen molar-refractivity contribution in [2.45, 2.75) is 31.6 Å². The molecule has 1 aromatic carbocycles. The Balaban J connectivity index is 0.00000161. The fraction of sp³-hybridized carbons (Fsp3) is 0.500. The number of fused-ring (bicyclic) bond motifs is 3. The highest BCUT2D eigenvalue weighted by molar-refractivity contribution is 6.01. The molecule has 0 spiro atoms. The molecular formula is C14H16ClF3N2O. The first-order chi connectivity index (χ1) is 9.45. The third-order valence-corrected chi connectivity index (χ3v) is 4.11. The Labute approximate surface area is 126 Å². The van der Waals surface area contributed by atoms with Crippen LogP contribution in [0.1, 0.15) is 40.9 Å². The number of carbonyl (C=O) groups is 1. The summed E-state index contributed by atoms with van der Waals surface area (Å²) in [5.74, 6) is -0.488. The molecule has 1 saturated heterocycles. The fourth-order valence-electron chi connectivity index (χ4n) is 3.25. The van der Waals surface area contributed by atoms with Crippen LogP contribution in [0.3, 0.4) is 0 Å². The van der Waals surface area contributed by atoms with Gasteiger partial charge < -0.3 is 10.2 Å². The SMILES string of the molecule is CCC1NCCN2C(=O)c3c(cccc3C(F)(F)F)C12.Cl. The Morgan fingerprint density at radius 3 is 2.71 bits per heavy atom. The Bertz CT molecular complexity index is 562. The van der Waals surface area contributed by atoms with Gasteiger partial charge >= 0.3 is 6.18 Å². The van der Waals surface area contributed by atoms with Crippen LogP contribution in [0.2, 0.25) is 0 Å². The predicted octanol–water partition coefficient (Wildman–Crippen LogP) is 3.01. The Morgan fingerprint density at radius 2 is 2.10 bits per heavy atom. The Kier molecular flexibility index (Phi) is 4.22. The van der Waals surface area contributed by atoms with Gasteiger partial charge in [-0.1, -0.05) is 19.1 Å². The van der Waals surface area contributed by atoms with Crippen LogP contribution in [0.5, 0.6) is 0 Å². The van der Waals surface area contributed by atoms with Gasteiger partial charge in [0, 0.05) is 19.1 Å². The van der Waals surface area contributed by atoms with Crippen molar-refractivity contribution in [1.29, 1.82) is 0 Å². The van der Waals surface area contributed by atoms with Gasteiger partial charge in [0.05, 0.1) is 17.2 Å². The smallest absolute Gasteiger partial charge is 0.329 e. The molecule has 2 aliphatic rings. The summed E-state index contributed by atoms with van der Waals surface area (Å²) in [4.78, 5) is 13.9. The number of piperazine rings is 1. The van der Waals surface area contributed by atoms with Crippen molar-refractivity contribution in [3.05, 3.63) is 34.9 Å². The molecule has 2 unspecified atom stereocenters. The average molecular weight is 321 g/mol. The van der Waals surface area contributed by atoms with Gasteiger partial charge in [0.25, 0.3) is 5.91 Å². The molecule has 116 valence electrons. The van der Waals surface area contributed by atoms with Crippen LogP contribution in [-0.2, 0) is 6.18 Å². The predicted molar refractivity (Wildman–Crippen MR) is 74.6 cm³/mol. The number of alkyl halides is 3. The van der Waals surface area contributed by atoms with Gasteiger partial charge in [-0.2, -0.15) is 13.2 Å². The van der Waals surface area contributed by atoms with E-state index >= 15 is 0 Å². The van der Waals surface area contributed by atoms with Crippen LogP contribution in [-0.4, -0.2) is 29.9 Å². The van der Waals surface area contributed by atoms with E-state index in [1.165, 1.54) is 6.07 Å². The third kappa shape index (κ3) is 2.40. The minimum Gasteiger partial charge on any atom is -0.329 e. The summed E-state index contributed by atoms with van der Waals surface area (Å²) in [5.41, 5.74) is -0.472. The molecule has 2 aliphatic heterocycles. The van der Waals surface area contributed by atoms with Gasteiger partial charge in [0.2, 0.25) is 0 Å². The lowest BCUT2D eigenvalue weighted by Gasteiger charge is -2.37. The number of halogens is 4. The van der Waals surface area contributed by atoms with Gasteiger partial charge in [-0.3, -0.25) is 4.79 Å². The van der Waals surface area contributed by atoms with E-state index < -0.39 is 17.6 Å². The summed E-state index contributed by atoms with van der Waals surface area (Å²) in [6.45, 7) is 3.04. The molecule has 1 aromatic rings. The molecule has 3 rings (SSSR count). The molecule has 2 atom stereocenters. The van der Waals surface area contributed by atoms with Crippen molar-refractivity contribution in [1.82, 2.24) is 10.2 Å². The number of rotatable bonds is 1. The molecule has 0 aliphatic carbocycles. The second kappa shape index (κ2) is 5.50. The second-order valence-corrected chi connectivity index (χ2v) is 5.18. The highest BCUT2D eigenvalue weighted by Gasteiger charge is 2.47. The maximum absolute atomic E-state index is 13.1. The van der Waals surface area contributed by atoms with E-state index in [0.29, 0.717) is 18.7 Å². The standard InChI is InChI=1S/C14H15F3N2O.ClH/c1-2-10-12-8-4-3-5-9(14(15,16)17)11(8)13(20)19(12)7-6-18-10;/h3-5,10,12,18H,2,6-7H2,1H3;1H. The summed E-state index contributed by atoms with van der Waals surface area (Å²) >= 11 is 0. The molecule has 0 bridgehead atoms. The van der Waals surface area contributed by atoms with E-state index in [9.17, 15) is 18.0 Å². The van der Waals surface area contributed by atoms with E-state index in [0.717, 1.165) is 12.5 Å². The third-order valence-electron chi connectivity index (χ3n) is 4.11. The van der Waals surface area contributed by atoms with Gasteiger partial charge in [-0.25, -0.2) is 0 Å². The number of benzene rings is 1. The first-order valence-corrected chi connectivity index (χ1v) is 6.69. The van der Waals surface area contributed by atoms with Crippen molar-refractivity contribution in [2.24, 2.45) is 0 Å². The number of nitrogens with one attached hydrogen (secondary N) is 1. The number of nitrogens with zero attached hydrogens (tertiary/aromatic N) is 1. The van der Waals surface area contributed by atoms with E-state index in [1.54, 1.807) is 11.0 Å². The van der Waals surface area contributed by atoms with Crippen molar-refractivity contribution in [2.75, 3.05) is 13.1 Å². The number of hydrogen-bond donors (Lipinski definition) is 1. The molecule has 1 N–H and O–H groups in total. The maximum Gasteiger partial charge on any atom is 0.417 e. The van der Waals surface area contributed by atoms with Gasteiger partial charge in [0.15, 0.2) is 0 Å². The monoisotopic (exact) mass is 320 g/mol. The zero-order valence-corrected chi connectivity index (χ0v) is 12.2. The first kappa shape index (κ1) is 16.1. The summed E-state index contributed by atoms with van der Waals surface area (Å²) < 4.78 is 39.3. The lowest BCUT2D eigenvalue weighted by molar-refractivity contribution is -0.137. The summed E-state index contributed by atoms with van der Waals surface area (Å²) in [6, 6.07) is 3.75. The van der Waals surface area contributed by atoms with Crippen LogP contribution < -0.4 is 5.32 Å². The molecule has 0 radical (unpaired) electrons. The first-order valence-electron chi connectivity index (χ1n) is 6.69. The summed E-state index contributed by atoms with van der Waals surface area (Å²) in [5, 5.41) is 3.28. The second-order valence-electron chi connectivity index (χ2n) is 5.18. The fourth-order valence-corrected chi connectivity index (χ4v) is 3.25. The molecule has 1 fully saturated rings. The largest absolute Gasteiger partial charge is 0.417 e. The maximum atomic E-state index is 13.1.